The molecule has 2 aromatic rings. The van der Waals surface area contributed by atoms with Crippen LogP contribution in [0.2, 0.25) is 0 Å². The minimum Gasteiger partial charge on any atom is -0.379 e. The van der Waals surface area contributed by atoms with Gasteiger partial charge in [0.05, 0.1) is 6.54 Å². The number of halogens is 2. The van der Waals surface area contributed by atoms with Crippen molar-refractivity contribution in [2.75, 3.05) is 30.9 Å². The summed E-state index contributed by atoms with van der Waals surface area (Å²) in [5, 5.41) is 2.83. The fourth-order valence-electron chi connectivity index (χ4n) is 2.20. The van der Waals surface area contributed by atoms with E-state index in [0.717, 1.165) is 11.3 Å². The summed E-state index contributed by atoms with van der Waals surface area (Å²) in [7, 11) is 3.87. The molecule has 1 N–H and O–H groups in total. The molecule has 0 aliphatic heterocycles. The van der Waals surface area contributed by atoms with Gasteiger partial charge in [0.25, 0.3) is 5.92 Å². The van der Waals surface area contributed by atoms with Crippen molar-refractivity contribution < 1.29 is 8.78 Å². The van der Waals surface area contributed by atoms with E-state index in [1.807, 2.05) is 44.1 Å². The standard InChI is InChI=1S/C17H20F2N2/c1-13-9-10-15(11-16(13)21(2)3)20-12-17(18,19)14-7-5-4-6-8-14/h4-11,20H,12H2,1-3H3. The maximum atomic E-state index is 14.1. The first-order valence-electron chi connectivity index (χ1n) is 6.85. The van der Waals surface area contributed by atoms with Gasteiger partial charge in [-0.15, -0.1) is 0 Å². The summed E-state index contributed by atoms with van der Waals surface area (Å²) in [6.45, 7) is 1.57. The van der Waals surface area contributed by atoms with Crippen molar-refractivity contribution in [3.8, 4) is 0 Å². The third-order valence-electron chi connectivity index (χ3n) is 3.40. The summed E-state index contributed by atoms with van der Waals surface area (Å²) in [5.74, 6) is -2.90. The second-order valence-electron chi connectivity index (χ2n) is 5.32. The molecule has 0 atom stereocenters. The molecule has 0 unspecified atom stereocenters. The molecule has 4 heteroatoms. The van der Waals surface area contributed by atoms with Crippen LogP contribution in [0.5, 0.6) is 0 Å². The quantitative estimate of drug-likeness (QED) is 0.885. The predicted octanol–water partition coefficient (Wildman–Crippen LogP) is 4.26. The zero-order valence-electron chi connectivity index (χ0n) is 12.5. The number of hydrogen-bond acceptors (Lipinski definition) is 2. The molecular formula is C17H20F2N2. The number of aryl methyl sites for hydroxylation is 1. The Kier molecular flexibility index (Phi) is 4.46. The molecule has 0 aromatic heterocycles. The van der Waals surface area contributed by atoms with Crippen molar-refractivity contribution in [3.05, 3.63) is 59.7 Å². The maximum Gasteiger partial charge on any atom is 0.290 e. The molecule has 0 bridgehead atoms. The first kappa shape index (κ1) is 15.3. The summed E-state index contributed by atoms with van der Waals surface area (Å²) in [4.78, 5) is 1.97. The molecule has 0 saturated carbocycles. The van der Waals surface area contributed by atoms with Crippen LogP contribution in [0.3, 0.4) is 0 Å². The van der Waals surface area contributed by atoms with Gasteiger partial charge >= 0.3 is 0 Å². The van der Waals surface area contributed by atoms with Gasteiger partial charge < -0.3 is 10.2 Å². The Morgan fingerprint density at radius 2 is 1.71 bits per heavy atom. The van der Waals surface area contributed by atoms with E-state index >= 15 is 0 Å². The van der Waals surface area contributed by atoms with E-state index in [0.29, 0.717) is 5.69 Å². The smallest absolute Gasteiger partial charge is 0.290 e. The summed E-state index contributed by atoms with van der Waals surface area (Å²) >= 11 is 0. The van der Waals surface area contributed by atoms with E-state index in [-0.39, 0.29) is 5.56 Å². The minimum atomic E-state index is -2.90. The monoisotopic (exact) mass is 290 g/mol. The van der Waals surface area contributed by atoms with Gasteiger partial charge in [-0.25, -0.2) is 0 Å². The Morgan fingerprint density at radius 1 is 1.05 bits per heavy atom. The van der Waals surface area contributed by atoms with Crippen LogP contribution in [-0.2, 0) is 5.92 Å². The van der Waals surface area contributed by atoms with Crippen molar-refractivity contribution in [1.29, 1.82) is 0 Å². The first-order chi connectivity index (χ1) is 9.90. The molecular weight excluding hydrogens is 270 g/mol. The molecule has 0 aliphatic rings. The summed E-state index contributed by atoms with van der Waals surface area (Å²) < 4.78 is 28.2. The Labute approximate surface area is 124 Å². The zero-order valence-corrected chi connectivity index (χ0v) is 12.5. The van der Waals surface area contributed by atoms with E-state index in [4.69, 9.17) is 0 Å². The number of nitrogens with zero attached hydrogens (tertiary/aromatic N) is 1. The van der Waals surface area contributed by atoms with Crippen molar-refractivity contribution in [1.82, 2.24) is 0 Å². The second-order valence-corrected chi connectivity index (χ2v) is 5.32. The van der Waals surface area contributed by atoms with Gasteiger partial charge in [-0.3, -0.25) is 0 Å². The lowest BCUT2D eigenvalue weighted by atomic mass is 10.1. The molecule has 2 rings (SSSR count). The van der Waals surface area contributed by atoms with Crippen LogP contribution in [0.1, 0.15) is 11.1 Å². The number of rotatable bonds is 5. The van der Waals surface area contributed by atoms with Gasteiger partial charge in [-0.1, -0.05) is 36.4 Å². The first-order valence-corrected chi connectivity index (χ1v) is 6.85. The van der Waals surface area contributed by atoms with Gasteiger partial charge in [0.2, 0.25) is 0 Å². The SMILES string of the molecule is Cc1ccc(NCC(F)(F)c2ccccc2)cc1N(C)C. The van der Waals surface area contributed by atoms with E-state index < -0.39 is 12.5 Å². The van der Waals surface area contributed by atoms with Crippen molar-refractivity contribution in [3.63, 3.8) is 0 Å². The van der Waals surface area contributed by atoms with Crippen molar-refractivity contribution in [2.24, 2.45) is 0 Å². The lowest BCUT2D eigenvalue weighted by Gasteiger charge is -2.20. The number of anilines is 2. The van der Waals surface area contributed by atoms with Gasteiger partial charge in [0, 0.05) is 31.0 Å². The lowest BCUT2D eigenvalue weighted by molar-refractivity contribution is 0.0106. The summed E-state index contributed by atoms with van der Waals surface area (Å²) in [6.07, 6.45) is 0. The molecule has 0 saturated heterocycles. The largest absolute Gasteiger partial charge is 0.379 e. The number of alkyl halides is 2. The highest BCUT2D eigenvalue weighted by molar-refractivity contribution is 5.62. The van der Waals surface area contributed by atoms with E-state index in [1.54, 1.807) is 18.2 Å². The number of nitrogens with one attached hydrogen (secondary N) is 1. The Balaban J connectivity index is 2.11. The molecule has 0 amide bonds. The molecule has 0 aliphatic carbocycles. The molecule has 2 aromatic carbocycles. The predicted molar refractivity (Wildman–Crippen MR) is 84.3 cm³/mol. The van der Waals surface area contributed by atoms with Gasteiger partial charge in [0.15, 0.2) is 0 Å². The summed E-state index contributed by atoms with van der Waals surface area (Å²) in [5.41, 5.74) is 2.85. The highest BCUT2D eigenvalue weighted by Crippen LogP contribution is 2.29. The van der Waals surface area contributed by atoms with Crippen LogP contribution < -0.4 is 10.2 Å². The van der Waals surface area contributed by atoms with Gasteiger partial charge in [-0.2, -0.15) is 8.78 Å². The molecule has 0 fully saturated rings. The topological polar surface area (TPSA) is 15.3 Å². The van der Waals surface area contributed by atoms with Crippen LogP contribution >= 0.6 is 0 Å². The van der Waals surface area contributed by atoms with E-state index in [1.165, 1.54) is 12.1 Å². The number of hydrogen-bond donors (Lipinski definition) is 1. The maximum absolute atomic E-state index is 14.1. The average Bonchev–Trinajstić information content (AvgIpc) is 2.47. The van der Waals surface area contributed by atoms with Crippen LogP contribution in [0.25, 0.3) is 0 Å². The normalized spacial score (nSPS) is 11.3. The zero-order chi connectivity index (χ0) is 15.5. The minimum absolute atomic E-state index is 0.0254. The molecule has 0 heterocycles. The molecule has 2 nitrogen and oxygen atoms in total. The van der Waals surface area contributed by atoms with E-state index in [2.05, 4.69) is 5.32 Å². The molecule has 21 heavy (non-hydrogen) atoms. The van der Waals surface area contributed by atoms with Crippen LogP contribution in [-0.4, -0.2) is 20.6 Å². The molecule has 112 valence electrons. The van der Waals surface area contributed by atoms with Crippen LogP contribution in [0.4, 0.5) is 20.2 Å². The average molecular weight is 290 g/mol. The van der Waals surface area contributed by atoms with Gasteiger partial charge in [0.1, 0.15) is 0 Å². The Morgan fingerprint density at radius 3 is 2.33 bits per heavy atom. The van der Waals surface area contributed by atoms with Crippen molar-refractivity contribution >= 4 is 11.4 Å². The van der Waals surface area contributed by atoms with E-state index in [9.17, 15) is 8.78 Å². The lowest BCUT2D eigenvalue weighted by Crippen LogP contribution is -2.24. The second kappa shape index (κ2) is 6.12. The van der Waals surface area contributed by atoms with Crippen LogP contribution in [0.15, 0.2) is 48.5 Å². The van der Waals surface area contributed by atoms with Crippen LogP contribution in [0, 0.1) is 6.92 Å². The third kappa shape index (κ3) is 3.72. The fourth-order valence-corrected chi connectivity index (χ4v) is 2.20. The summed E-state index contributed by atoms with van der Waals surface area (Å²) in [6, 6.07) is 13.5. The fraction of sp³-hybridized carbons (Fsp3) is 0.294. The van der Waals surface area contributed by atoms with Gasteiger partial charge in [-0.05, 0) is 24.6 Å². The third-order valence-corrected chi connectivity index (χ3v) is 3.40. The number of benzene rings is 2. The Bertz CT molecular complexity index is 595. The highest BCUT2D eigenvalue weighted by Gasteiger charge is 2.30. The molecule has 0 spiro atoms. The van der Waals surface area contributed by atoms with Crippen molar-refractivity contribution in [2.45, 2.75) is 12.8 Å². The molecule has 0 radical (unpaired) electrons. The highest BCUT2D eigenvalue weighted by atomic mass is 19.3. The Hall–Kier alpha value is -2.10.